The third-order valence-corrected chi connectivity index (χ3v) is 4.08. The van der Waals surface area contributed by atoms with E-state index < -0.39 is 0 Å². The predicted octanol–water partition coefficient (Wildman–Crippen LogP) is 2.40. The number of aromatic nitrogens is 3. The second-order valence-electron chi connectivity index (χ2n) is 5.26. The molecule has 102 valence electrons. The second-order valence-corrected chi connectivity index (χ2v) is 5.26. The fraction of sp³-hybridized carbons (Fsp3) is 0.857. The Labute approximate surface area is 110 Å². The van der Waals surface area contributed by atoms with Crippen LogP contribution >= 0.6 is 0 Å². The first-order valence-corrected chi connectivity index (χ1v) is 7.45. The zero-order valence-electron chi connectivity index (χ0n) is 11.7. The molecule has 4 nitrogen and oxygen atoms in total. The number of likely N-dealkylation sites (N-methyl/N-ethyl adjacent to an activating group) is 1. The zero-order chi connectivity index (χ0) is 12.8. The van der Waals surface area contributed by atoms with E-state index in [4.69, 9.17) is 0 Å². The molecule has 4 heteroatoms. The summed E-state index contributed by atoms with van der Waals surface area (Å²) in [5.74, 6) is 1.95. The summed E-state index contributed by atoms with van der Waals surface area (Å²) in [6, 6.07) is 0.574. The van der Waals surface area contributed by atoms with Gasteiger partial charge in [-0.05, 0) is 32.2 Å². The maximum absolute atomic E-state index is 4.42. The fourth-order valence-corrected chi connectivity index (χ4v) is 3.11. The van der Waals surface area contributed by atoms with E-state index >= 15 is 0 Å². The van der Waals surface area contributed by atoms with Crippen LogP contribution in [0, 0.1) is 5.92 Å². The van der Waals surface area contributed by atoms with E-state index in [1.807, 2.05) is 4.68 Å². The van der Waals surface area contributed by atoms with Gasteiger partial charge in [0.05, 0.1) is 0 Å². The monoisotopic (exact) mass is 250 g/mol. The van der Waals surface area contributed by atoms with Gasteiger partial charge < -0.3 is 5.32 Å². The highest BCUT2D eigenvalue weighted by Gasteiger charge is 2.24. The molecule has 0 radical (unpaired) electrons. The molecule has 1 aliphatic carbocycles. The Balaban J connectivity index is 2.00. The number of nitrogens with zero attached hydrogens (tertiary/aromatic N) is 3. The van der Waals surface area contributed by atoms with Crippen LogP contribution in [0.2, 0.25) is 0 Å². The Morgan fingerprint density at radius 2 is 2.11 bits per heavy atom. The lowest BCUT2D eigenvalue weighted by molar-refractivity contribution is 0.265. The summed E-state index contributed by atoms with van der Waals surface area (Å²) < 4.78 is 2.02. The fourth-order valence-electron chi connectivity index (χ4n) is 3.11. The molecular formula is C14H26N4. The largest absolute Gasteiger partial charge is 0.314 e. The first-order chi connectivity index (χ1) is 8.85. The molecule has 1 saturated carbocycles. The molecule has 1 N–H and O–H groups in total. The summed E-state index contributed by atoms with van der Waals surface area (Å²) in [5, 5.41) is 7.93. The van der Waals surface area contributed by atoms with Crippen molar-refractivity contribution in [3.63, 3.8) is 0 Å². The van der Waals surface area contributed by atoms with Crippen LogP contribution in [0.5, 0.6) is 0 Å². The van der Waals surface area contributed by atoms with Gasteiger partial charge in [-0.2, -0.15) is 5.10 Å². The third kappa shape index (κ3) is 3.31. The van der Waals surface area contributed by atoms with E-state index in [1.165, 1.54) is 32.1 Å². The summed E-state index contributed by atoms with van der Waals surface area (Å²) in [4.78, 5) is 4.42. The third-order valence-electron chi connectivity index (χ3n) is 4.08. The first kappa shape index (κ1) is 13.5. The normalized spacial score (nSPS) is 19.0. The van der Waals surface area contributed by atoms with Gasteiger partial charge in [0, 0.05) is 19.0 Å². The van der Waals surface area contributed by atoms with E-state index in [1.54, 1.807) is 6.33 Å². The van der Waals surface area contributed by atoms with Gasteiger partial charge in [-0.15, -0.1) is 0 Å². The van der Waals surface area contributed by atoms with Gasteiger partial charge in [0.15, 0.2) is 0 Å². The van der Waals surface area contributed by atoms with Gasteiger partial charge in [0.25, 0.3) is 0 Å². The lowest BCUT2D eigenvalue weighted by atomic mass is 9.82. The Hall–Kier alpha value is -0.900. The molecule has 2 rings (SSSR count). The summed E-state index contributed by atoms with van der Waals surface area (Å²) in [7, 11) is 0. The van der Waals surface area contributed by atoms with E-state index in [0.717, 1.165) is 31.3 Å². The minimum Gasteiger partial charge on any atom is -0.314 e. The van der Waals surface area contributed by atoms with Crippen LogP contribution in [0.3, 0.4) is 0 Å². The van der Waals surface area contributed by atoms with Gasteiger partial charge in [-0.1, -0.05) is 26.2 Å². The summed E-state index contributed by atoms with van der Waals surface area (Å²) in [6.07, 6.45) is 9.66. The Morgan fingerprint density at radius 3 is 2.78 bits per heavy atom. The highest BCUT2D eigenvalue weighted by Crippen LogP contribution is 2.27. The highest BCUT2D eigenvalue weighted by molar-refractivity contribution is 4.92. The molecule has 1 aliphatic rings. The topological polar surface area (TPSA) is 42.7 Å². The Morgan fingerprint density at radius 1 is 1.33 bits per heavy atom. The van der Waals surface area contributed by atoms with Crippen LogP contribution in [0.15, 0.2) is 6.33 Å². The lowest BCUT2D eigenvalue weighted by Gasteiger charge is -2.30. The van der Waals surface area contributed by atoms with Gasteiger partial charge in [0.2, 0.25) is 0 Å². The standard InChI is InChI=1S/C14H26N4/c1-3-15-13(12-8-6-5-7-9-12)10-14-16-11-17-18(14)4-2/h11-13,15H,3-10H2,1-2H3. The molecule has 1 heterocycles. The van der Waals surface area contributed by atoms with Crippen LogP contribution in [0.25, 0.3) is 0 Å². The maximum Gasteiger partial charge on any atom is 0.138 e. The molecule has 18 heavy (non-hydrogen) atoms. The first-order valence-electron chi connectivity index (χ1n) is 7.45. The molecule has 0 aliphatic heterocycles. The van der Waals surface area contributed by atoms with Gasteiger partial charge in [-0.25, -0.2) is 4.98 Å². The van der Waals surface area contributed by atoms with Crippen molar-refractivity contribution < 1.29 is 0 Å². The van der Waals surface area contributed by atoms with Crippen molar-refractivity contribution in [2.45, 2.75) is 65.0 Å². The summed E-state index contributed by atoms with van der Waals surface area (Å²) >= 11 is 0. The predicted molar refractivity (Wildman–Crippen MR) is 73.4 cm³/mol. The minimum absolute atomic E-state index is 0.574. The molecule has 1 atom stereocenters. The molecule has 0 bridgehead atoms. The van der Waals surface area contributed by atoms with Crippen LogP contribution in [-0.2, 0) is 13.0 Å². The molecule has 0 spiro atoms. The van der Waals surface area contributed by atoms with Crippen molar-refractivity contribution in [1.29, 1.82) is 0 Å². The van der Waals surface area contributed by atoms with Crippen molar-refractivity contribution in [2.75, 3.05) is 6.54 Å². The maximum atomic E-state index is 4.42. The van der Waals surface area contributed by atoms with Crippen LogP contribution in [0.1, 0.15) is 51.8 Å². The number of rotatable bonds is 6. The van der Waals surface area contributed by atoms with Gasteiger partial charge in [-0.3, -0.25) is 4.68 Å². The molecule has 1 unspecified atom stereocenters. The van der Waals surface area contributed by atoms with Gasteiger partial charge in [0.1, 0.15) is 12.2 Å². The van der Waals surface area contributed by atoms with Crippen molar-refractivity contribution >= 4 is 0 Å². The van der Waals surface area contributed by atoms with E-state index in [2.05, 4.69) is 29.2 Å². The molecule has 1 fully saturated rings. The quantitative estimate of drug-likeness (QED) is 0.843. The Bertz CT molecular complexity index is 341. The van der Waals surface area contributed by atoms with Gasteiger partial charge >= 0.3 is 0 Å². The van der Waals surface area contributed by atoms with Crippen LogP contribution in [-0.4, -0.2) is 27.4 Å². The van der Waals surface area contributed by atoms with Crippen LogP contribution in [0.4, 0.5) is 0 Å². The lowest BCUT2D eigenvalue weighted by Crippen LogP contribution is -2.39. The van der Waals surface area contributed by atoms with Crippen molar-refractivity contribution in [3.8, 4) is 0 Å². The average Bonchev–Trinajstić information content (AvgIpc) is 2.86. The average molecular weight is 250 g/mol. The van der Waals surface area contributed by atoms with E-state index in [0.29, 0.717) is 6.04 Å². The molecule has 0 saturated heterocycles. The number of nitrogens with one attached hydrogen (secondary N) is 1. The molecule has 1 aromatic rings. The summed E-state index contributed by atoms with van der Waals surface area (Å²) in [6.45, 7) is 6.28. The van der Waals surface area contributed by atoms with E-state index in [9.17, 15) is 0 Å². The highest BCUT2D eigenvalue weighted by atomic mass is 15.3. The number of aryl methyl sites for hydroxylation is 1. The van der Waals surface area contributed by atoms with Crippen molar-refractivity contribution in [1.82, 2.24) is 20.1 Å². The van der Waals surface area contributed by atoms with Crippen molar-refractivity contribution in [2.24, 2.45) is 5.92 Å². The molecule has 0 amide bonds. The van der Waals surface area contributed by atoms with Crippen LogP contribution < -0.4 is 5.32 Å². The molecule has 0 aromatic carbocycles. The zero-order valence-corrected chi connectivity index (χ0v) is 11.7. The SMILES string of the molecule is CCNC(Cc1ncnn1CC)C1CCCCC1. The Kier molecular flexibility index (Phi) is 5.17. The molecule has 1 aromatic heterocycles. The number of hydrogen-bond donors (Lipinski definition) is 1. The van der Waals surface area contributed by atoms with E-state index in [-0.39, 0.29) is 0 Å². The minimum atomic E-state index is 0.574. The van der Waals surface area contributed by atoms with Crippen molar-refractivity contribution in [3.05, 3.63) is 12.2 Å². The smallest absolute Gasteiger partial charge is 0.138 e. The molecular weight excluding hydrogens is 224 g/mol. The summed E-state index contributed by atoms with van der Waals surface area (Å²) in [5.41, 5.74) is 0. The number of hydrogen-bond acceptors (Lipinski definition) is 3. The second kappa shape index (κ2) is 6.88.